The highest BCUT2D eigenvalue weighted by Crippen LogP contribution is 2.34. The van der Waals surface area contributed by atoms with Crippen LogP contribution in [0.2, 0.25) is 0 Å². The number of aromatic nitrogens is 1. The predicted molar refractivity (Wildman–Crippen MR) is 124 cm³/mol. The normalized spacial score (nSPS) is 21.4. The lowest BCUT2D eigenvalue weighted by Crippen LogP contribution is -2.56. The largest absolute Gasteiger partial charge is 0.492 e. The van der Waals surface area contributed by atoms with Crippen LogP contribution in [0.1, 0.15) is 28.9 Å². The highest BCUT2D eigenvalue weighted by molar-refractivity contribution is 5.96. The van der Waals surface area contributed by atoms with E-state index >= 15 is 0 Å². The summed E-state index contributed by atoms with van der Waals surface area (Å²) in [6.07, 6.45) is 3.07. The number of morpholine rings is 1. The van der Waals surface area contributed by atoms with Crippen molar-refractivity contribution < 1.29 is 19.1 Å². The van der Waals surface area contributed by atoms with Gasteiger partial charge in [0.15, 0.2) is 0 Å². The van der Waals surface area contributed by atoms with E-state index in [1.165, 1.54) is 0 Å². The van der Waals surface area contributed by atoms with E-state index in [0.717, 1.165) is 39.3 Å². The summed E-state index contributed by atoms with van der Waals surface area (Å²) >= 11 is 0. The number of carbonyl (C=O) groups is 2. The summed E-state index contributed by atoms with van der Waals surface area (Å²) in [5.41, 5.74) is 0.408. The van der Waals surface area contributed by atoms with Crippen LogP contribution in [0.5, 0.6) is 5.75 Å². The molecule has 0 aliphatic carbocycles. The molecule has 176 valence electrons. The number of hydrogen-bond acceptors (Lipinski definition) is 6. The van der Waals surface area contributed by atoms with Crippen molar-refractivity contribution in [1.82, 2.24) is 20.1 Å². The Morgan fingerprint density at radius 3 is 2.76 bits per heavy atom. The van der Waals surface area contributed by atoms with Gasteiger partial charge in [-0.1, -0.05) is 12.1 Å². The minimum absolute atomic E-state index is 0.0995. The number of pyridine rings is 1. The first-order chi connectivity index (χ1) is 16.1. The maximum atomic E-state index is 13.4. The first-order valence-electron chi connectivity index (χ1n) is 11.6. The molecule has 1 aromatic heterocycles. The summed E-state index contributed by atoms with van der Waals surface area (Å²) in [4.78, 5) is 34.9. The molecule has 4 rings (SSSR count). The Bertz CT molecular complexity index is 948. The predicted octanol–water partition coefficient (Wildman–Crippen LogP) is 1.71. The molecule has 0 spiro atoms. The Morgan fingerprint density at radius 1 is 1.15 bits per heavy atom. The zero-order valence-corrected chi connectivity index (χ0v) is 19.2. The number of rotatable bonds is 7. The summed E-state index contributed by atoms with van der Waals surface area (Å²) < 4.78 is 11.3. The Morgan fingerprint density at radius 2 is 2.00 bits per heavy atom. The number of piperidine rings is 1. The third kappa shape index (κ3) is 5.34. The Hall–Kier alpha value is -2.97. The molecule has 8 heteroatoms. The van der Waals surface area contributed by atoms with Crippen LogP contribution in [0.3, 0.4) is 0 Å². The van der Waals surface area contributed by atoms with Gasteiger partial charge < -0.3 is 19.7 Å². The first-order valence-corrected chi connectivity index (χ1v) is 11.6. The van der Waals surface area contributed by atoms with Gasteiger partial charge in [0, 0.05) is 51.5 Å². The molecule has 3 heterocycles. The van der Waals surface area contributed by atoms with Crippen LogP contribution in [-0.2, 0) is 14.9 Å². The molecule has 1 atom stereocenters. The number of carbonyl (C=O) groups excluding carboxylic acids is 2. The Kier molecular flexibility index (Phi) is 7.57. The molecule has 1 N–H and O–H groups in total. The van der Waals surface area contributed by atoms with E-state index in [2.05, 4.69) is 15.2 Å². The fraction of sp³-hybridized carbons (Fsp3) is 0.480. The van der Waals surface area contributed by atoms with E-state index < -0.39 is 5.41 Å². The van der Waals surface area contributed by atoms with Crippen LogP contribution in [0.15, 0.2) is 48.7 Å². The van der Waals surface area contributed by atoms with Gasteiger partial charge in [0.05, 0.1) is 18.9 Å². The van der Waals surface area contributed by atoms with Crippen LogP contribution < -0.4 is 10.1 Å². The Balaban J connectivity index is 1.45. The molecule has 2 saturated heterocycles. The SMILES string of the molecule is CNC(=O)[C@@]1(c2ccccn2)CCCN(C(=O)c2cccc(OCCN3CCOCC3)c2)C1. The summed E-state index contributed by atoms with van der Waals surface area (Å²) in [5.74, 6) is 0.463. The van der Waals surface area contributed by atoms with Gasteiger partial charge >= 0.3 is 0 Å². The lowest BCUT2D eigenvalue weighted by molar-refractivity contribution is -0.128. The minimum Gasteiger partial charge on any atom is -0.492 e. The van der Waals surface area contributed by atoms with Gasteiger partial charge in [-0.25, -0.2) is 0 Å². The van der Waals surface area contributed by atoms with Gasteiger partial charge in [0.1, 0.15) is 17.8 Å². The molecule has 0 bridgehead atoms. The molecule has 1 aromatic carbocycles. The Labute approximate surface area is 194 Å². The third-order valence-corrected chi connectivity index (χ3v) is 6.46. The van der Waals surface area contributed by atoms with E-state index in [-0.39, 0.29) is 11.8 Å². The van der Waals surface area contributed by atoms with E-state index in [1.807, 2.05) is 30.3 Å². The third-order valence-electron chi connectivity index (χ3n) is 6.46. The van der Waals surface area contributed by atoms with Gasteiger partial charge in [-0.05, 0) is 43.2 Å². The number of nitrogens with zero attached hydrogens (tertiary/aromatic N) is 3. The second kappa shape index (κ2) is 10.8. The molecule has 0 unspecified atom stereocenters. The first kappa shape index (κ1) is 23.2. The maximum absolute atomic E-state index is 13.4. The van der Waals surface area contributed by atoms with Crippen LogP contribution in [0.25, 0.3) is 0 Å². The average molecular weight is 453 g/mol. The number of likely N-dealkylation sites (N-methyl/N-ethyl adjacent to an activating group) is 1. The molecular weight excluding hydrogens is 420 g/mol. The van der Waals surface area contributed by atoms with Crippen LogP contribution in [0, 0.1) is 0 Å². The van der Waals surface area contributed by atoms with E-state index in [4.69, 9.17) is 9.47 Å². The lowest BCUT2D eigenvalue weighted by atomic mass is 9.75. The van der Waals surface area contributed by atoms with Gasteiger partial charge in [-0.15, -0.1) is 0 Å². The summed E-state index contributed by atoms with van der Waals surface area (Å²) in [6, 6.07) is 12.9. The van der Waals surface area contributed by atoms with Crippen LogP contribution >= 0.6 is 0 Å². The topological polar surface area (TPSA) is 84.0 Å². The van der Waals surface area contributed by atoms with E-state index in [1.54, 1.807) is 30.3 Å². The zero-order valence-electron chi connectivity index (χ0n) is 19.2. The zero-order chi connectivity index (χ0) is 23.1. The highest BCUT2D eigenvalue weighted by atomic mass is 16.5. The molecule has 2 amide bonds. The lowest BCUT2D eigenvalue weighted by Gasteiger charge is -2.41. The van der Waals surface area contributed by atoms with Gasteiger partial charge in [-0.2, -0.15) is 0 Å². The molecule has 2 fully saturated rings. The van der Waals surface area contributed by atoms with Crippen LogP contribution in [-0.4, -0.2) is 86.2 Å². The van der Waals surface area contributed by atoms with Gasteiger partial charge in [-0.3, -0.25) is 19.5 Å². The summed E-state index contributed by atoms with van der Waals surface area (Å²) in [5, 5.41) is 2.78. The van der Waals surface area contributed by atoms with Crippen molar-refractivity contribution in [3.05, 3.63) is 59.9 Å². The summed E-state index contributed by atoms with van der Waals surface area (Å²) in [6.45, 7) is 5.64. The maximum Gasteiger partial charge on any atom is 0.254 e. The van der Waals surface area contributed by atoms with Crippen molar-refractivity contribution in [2.24, 2.45) is 0 Å². The fourth-order valence-electron chi connectivity index (χ4n) is 4.64. The fourth-order valence-corrected chi connectivity index (χ4v) is 4.64. The van der Waals surface area contributed by atoms with Crippen molar-refractivity contribution in [2.75, 3.05) is 59.6 Å². The van der Waals surface area contributed by atoms with Crippen molar-refractivity contribution >= 4 is 11.8 Å². The summed E-state index contributed by atoms with van der Waals surface area (Å²) in [7, 11) is 1.63. The second-order valence-electron chi connectivity index (χ2n) is 8.54. The number of likely N-dealkylation sites (tertiary alicyclic amines) is 1. The molecule has 2 aromatic rings. The molecule has 8 nitrogen and oxygen atoms in total. The van der Waals surface area contributed by atoms with Crippen molar-refractivity contribution in [3.8, 4) is 5.75 Å². The van der Waals surface area contributed by atoms with Crippen LogP contribution in [0.4, 0.5) is 0 Å². The smallest absolute Gasteiger partial charge is 0.254 e. The number of amides is 2. The second-order valence-corrected chi connectivity index (χ2v) is 8.54. The standard InChI is InChI=1S/C25H32N4O4/c1-26-24(31)25(22-8-2-3-10-27-22)9-5-11-29(19-25)23(30)20-6-4-7-21(18-20)33-17-14-28-12-15-32-16-13-28/h2-4,6-8,10,18H,5,9,11-17,19H2,1H3,(H,26,31)/t25-/m0/s1. The quantitative estimate of drug-likeness (QED) is 0.689. The minimum atomic E-state index is -0.851. The van der Waals surface area contributed by atoms with Crippen molar-refractivity contribution in [3.63, 3.8) is 0 Å². The van der Waals surface area contributed by atoms with Crippen molar-refractivity contribution in [2.45, 2.75) is 18.3 Å². The van der Waals surface area contributed by atoms with E-state index in [9.17, 15) is 9.59 Å². The van der Waals surface area contributed by atoms with Gasteiger partial charge in [0.2, 0.25) is 5.91 Å². The molecule has 2 aliphatic rings. The highest BCUT2D eigenvalue weighted by Gasteiger charge is 2.45. The number of benzene rings is 1. The number of hydrogen-bond donors (Lipinski definition) is 1. The number of nitrogens with one attached hydrogen (secondary N) is 1. The molecular formula is C25H32N4O4. The van der Waals surface area contributed by atoms with Crippen molar-refractivity contribution in [1.29, 1.82) is 0 Å². The monoisotopic (exact) mass is 452 g/mol. The molecule has 0 radical (unpaired) electrons. The molecule has 2 aliphatic heterocycles. The van der Waals surface area contributed by atoms with Gasteiger partial charge in [0.25, 0.3) is 5.91 Å². The average Bonchev–Trinajstić information content (AvgIpc) is 2.89. The number of ether oxygens (including phenoxy) is 2. The van der Waals surface area contributed by atoms with E-state index in [0.29, 0.717) is 43.1 Å². The molecule has 33 heavy (non-hydrogen) atoms. The molecule has 0 saturated carbocycles.